The number of piperidine rings is 1. The van der Waals surface area contributed by atoms with Crippen molar-refractivity contribution in [1.82, 2.24) is 5.32 Å². The fourth-order valence-corrected chi connectivity index (χ4v) is 2.99. The van der Waals surface area contributed by atoms with Crippen LogP contribution in [0.15, 0.2) is 24.3 Å². The van der Waals surface area contributed by atoms with Crippen LogP contribution in [0.3, 0.4) is 0 Å². The summed E-state index contributed by atoms with van der Waals surface area (Å²) < 4.78 is 0. The standard InChI is InChI=1S/C14H20N2/c1-2-6-14-13(5-1)7-9-16(14)11-12-4-3-8-15-10-12/h1-2,5-6,12,15H,3-4,7-11H2/t12-/m1/s1. The van der Waals surface area contributed by atoms with Crippen molar-refractivity contribution in [2.75, 3.05) is 31.1 Å². The topological polar surface area (TPSA) is 15.3 Å². The summed E-state index contributed by atoms with van der Waals surface area (Å²) in [5.74, 6) is 0.847. The second kappa shape index (κ2) is 4.46. The highest BCUT2D eigenvalue weighted by molar-refractivity contribution is 5.57. The molecule has 1 N–H and O–H groups in total. The van der Waals surface area contributed by atoms with Crippen molar-refractivity contribution >= 4 is 5.69 Å². The summed E-state index contributed by atoms with van der Waals surface area (Å²) in [6.45, 7) is 4.88. The van der Waals surface area contributed by atoms with Crippen molar-refractivity contribution in [3.05, 3.63) is 29.8 Å². The molecule has 1 fully saturated rings. The van der Waals surface area contributed by atoms with Crippen LogP contribution in [0.4, 0.5) is 5.69 Å². The van der Waals surface area contributed by atoms with Gasteiger partial charge in [-0.1, -0.05) is 18.2 Å². The zero-order chi connectivity index (χ0) is 10.8. The van der Waals surface area contributed by atoms with Gasteiger partial charge in [-0.05, 0) is 49.9 Å². The molecule has 2 aliphatic heterocycles. The van der Waals surface area contributed by atoms with E-state index in [1.54, 1.807) is 0 Å². The van der Waals surface area contributed by atoms with E-state index >= 15 is 0 Å². The molecule has 1 aromatic carbocycles. The highest BCUT2D eigenvalue weighted by atomic mass is 15.2. The van der Waals surface area contributed by atoms with Crippen LogP contribution in [0.5, 0.6) is 0 Å². The molecule has 0 aromatic heterocycles. The van der Waals surface area contributed by atoms with Gasteiger partial charge in [-0.2, -0.15) is 0 Å². The Balaban J connectivity index is 1.68. The number of hydrogen-bond acceptors (Lipinski definition) is 2. The molecule has 1 saturated heterocycles. The monoisotopic (exact) mass is 216 g/mol. The molecule has 2 aliphatic rings. The SMILES string of the molecule is c1ccc2c(c1)CCN2C[C@@H]1CCCNC1. The molecule has 0 spiro atoms. The predicted molar refractivity (Wildman–Crippen MR) is 68.0 cm³/mol. The van der Waals surface area contributed by atoms with Gasteiger partial charge in [0, 0.05) is 18.8 Å². The molecule has 0 amide bonds. The molecule has 2 heteroatoms. The van der Waals surface area contributed by atoms with E-state index in [1.165, 1.54) is 56.7 Å². The molecule has 1 aromatic rings. The third-order valence-electron chi connectivity index (χ3n) is 3.86. The van der Waals surface area contributed by atoms with E-state index < -0.39 is 0 Å². The number of benzene rings is 1. The number of para-hydroxylation sites is 1. The molecule has 3 rings (SSSR count). The maximum Gasteiger partial charge on any atom is 0.0399 e. The van der Waals surface area contributed by atoms with Gasteiger partial charge >= 0.3 is 0 Å². The van der Waals surface area contributed by atoms with Crippen LogP contribution in [-0.2, 0) is 6.42 Å². The van der Waals surface area contributed by atoms with Crippen LogP contribution >= 0.6 is 0 Å². The van der Waals surface area contributed by atoms with Gasteiger partial charge in [-0.3, -0.25) is 0 Å². The summed E-state index contributed by atoms with van der Waals surface area (Å²) in [7, 11) is 0. The Morgan fingerprint density at radius 1 is 1.31 bits per heavy atom. The summed E-state index contributed by atoms with van der Waals surface area (Å²) in [5, 5.41) is 3.51. The third-order valence-corrected chi connectivity index (χ3v) is 3.86. The minimum Gasteiger partial charge on any atom is -0.371 e. The molecule has 0 aliphatic carbocycles. The Bertz CT molecular complexity index is 356. The molecule has 0 saturated carbocycles. The molecule has 0 unspecified atom stereocenters. The van der Waals surface area contributed by atoms with Crippen LogP contribution in [0.2, 0.25) is 0 Å². The lowest BCUT2D eigenvalue weighted by Crippen LogP contribution is -2.37. The fraction of sp³-hybridized carbons (Fsp3) is 0.571. The molecule has 0 bridgehead atoms. The Morgan fingerprint density at radius 2 is 2.25 bits per heavy atom. The van der Waals surface area contributed by atoms with E-state index in [-0.39, 0.29) is 0 Å². The van der Waals surface area contributed by atoms with Crippen molar-refractivity contribution in [2.45, 2.75) is 19.3 Å². The minimum atomic E-state index is 0.847. The van der Waals surface area contributed by atoms with Gasteiger partial charge in [-0.25, -0.2) is 0 Å². The fourth-order valence-electron chi connectivity index (χ4n) is 2.99. The van der Waals surface area contributed by atoms with E-state index in [0.717, 1.165) is 5.92 Å². The first kappa shape index (κ1) is 10.2. The zero-order valence-electron chi connectivity index (χ0n) is 9.78. The molecule has 1 atom stereocenters. The Kier molecular flexibility index (Phi) is 2.83. The lowest BCUT2D eigenvalue weighted by atomic mass is 9.99. The predicted octanol–water partition coefficient (Wildman–Crippen LogP) is 2.05. The maximum absolute atomic E-state index is 3.51. The summed E-state index contributed by atoms with van der Waals surface area (Å²) >= 11 is 0. The average molecular weight is 216 g/mol. The molecule has 16 heavy (non-hydrogen) atoms. The van der Waals surface area contributed by atoms with Crippen LogP contribution < -0.4 is 10.2 Å². The smallest absolute Gasteiger partial charge is 0.0399 e. The Labute approximate surface area is 97.6 Å². The van der Waals surface area contributed by atoms with Crippen molar-refractivity contribution in [1.29, 1.82) is 0 Å². The highest BCUT2D eigenvalue weighted by Crippen LogP contribution is 2.28. The van der Waals surface area contributed by atoms with Gasteiger partial charge in [0.25, 0.3) is 0 Å². The van der Waals surface area contributed by atoms with Crippen LogP contribution in [0.1, 0.15) is 18.4 Å². The minimum absolute atomic E-state index is 0.847. The second-order valence-corrected chi connectivity index (χ2v) is 5.04. The Hall–Kier alpha value is -1.02. The Morgan fingerprint density at radius 3 is 3.12 bits per heavy atom. The molecule has 2 nitrogen and oxygen atoms in total. The lowest BCUT2D eigenvalue weighted by Gasteiger charge is -2.29. The number of hydrogen-bond donors (Lipinski definition) is 1. The summed E-state index contributed by atoms with van der Waals surface area (Å²) in [5.41, 5.74) is 3.01. The maximum atomic E-state index is 3.51. The lowest BCUT2D eigenvalue weighted by molar-refractivity contribution is 0.378. The van der Waals surface area contributed by atoms with Gasteiger partial charge in [0.2, 0.25) is 0 Å². The third kappa shape index (κ3) is 1.94. The van der Waals surface area contributed by atoms with E-state index in [2.05, 4.69) is 34.5 Å². The number of rotatable bonds is 2. The summed E-state index contributed by atoms with van der Waals surface area (Å²) in [6, 6.07) is 8.87. The van der Waals surface area contributed by atoms with Crippen molar-refractivity contribution in [3.63, 3.8) is 0 Å². The summed E-state index contributed by atoms with van der Waals surface area (Å²) in [6.07, 6.45) is 3.97. The molecule has 86 valence electrons. The van der Waals surface area contributed by atoms with Crippen LogP contribution in [0.25, 0.3) is 0 Å². The molecule has 0 radical (unpaired) electrons. The molecule has 2 heterocycles. The number of nitrogens with zero attached hydrogens (tertiary/aromatic N) is 1. The van der Waals surface area contributed by atoms with Gasteiger partial charge in [0.15, 0.2) is 0 Å². The van der Waals surface area contributed by atoms with E-state index in [1.807, 2.05) is 0 Å². The van der Waals surface area contributed by atoms with Gasteiger partial charge < -0.3 is 10.2 Å². The largest absolute Gasteiger partial charge is 0.371 e. The van der Waals surface area contributed by atoms with E-state index in [9.17, 15) is 0 Å². The number of nitrogens with one attached hydrogen (secondary N) is 1. The number of anilines is 1. The number of fused-ring (bicyclic) bond motifs is 1. The van der Waals surface area contributed by atoms with Crippen molar-refractivity contribution in [2.24, 2.45) is 5.92 Å². The first-order valence-corrected chi connectivity index (χ1v) is 6.47. The first-order valence-electron chi connectivity index (χ1n) is 6.47. The highest BCUT2D eigenvalue weighted by Gasteiger charge is 2.22. The molecular formula is C14H20N2. The second-order valence-electron chi connectivity index (χ2n) is 5.04. The van der Waals surface area contributed by atoms with Crippen LogP contribution in [0, 0.1) is 5.92 Å². The van der Waals surface area contributed by atoms with Crippen molar-refractivity contribution < 1.29 is 0 Å². The van der Waals surface area contributed by atoms with Crippen molar-refractivity contribution in [3.8, 4) is 0 Å². The normalized spacial score (nSPS) is 24.5. The van der Waals surface area contributed by atoms with Crippen LogP contribution in [-0.4, -0.2) is 26.2 Å². The first-order chi connectivity index (χ1) is 7.93. The quantitative estimate of drug-likeness (QED) is 0.814. The average Bonchev–Trinajstić information content (AvgIpc) is 2.74. The van der Waals surface area contributed by atoms with Gasteiger partial charge in [0.05, 0.1) is 0 Å². The zero-order valence-corrected chi connectivity index (χ0v) is 9.78. The van der Waals surface area contributed by atoms with Gasteiger partial charge in [0.1, 0.15) is 0 Å². The van der Waals surface area contributed by atoms with E-state index in [0.29, 0.717) is 0 Å². The van der Waals surface area contributed by atoms with Gasteiger partial charge in [-0.15, -0.1) is 0 Å². The van der Waals surface area contributed by atoms with E-state index in [4.69, 9.17) is 0 Å². The summed E-state index contributed by atoms with van der Waals surface area (Å²) in [4.78, 5) is 2.58. The molecular weight excluding hydrogens is 196 g/mol.